The van der Waals surface area contributed by atoms with Gasteiger partial charge in [-0.2, -0.15) is 0 Å². The van der Waals surface area contributed by atoms with E-state index in [9.17, 15) is 14.0 Å². The van der Waals surface area contributed by atoms with E-state index in [0.717, 1.165) is 0 Å². The number of aromatic amines is 1. The highest BCUT2D eigenvalue weighted by Gasteiger charge is 2.16. The van der Waals surface area contributed by atoms with Crippen molar-refractivity contribution in [2.75, 3.05) is 5.32 Å². The minimum absolute atomic E-state index is 0.238. The van der Waals surface area contributed by atoms with Crippen LogP contribution in [0.1, 0.15) is 26.6 Å². The first-order chi connectivity index (χ1) is 13.6. The van der Waals surface area contributed by atoms with Gasteiger partial charge in [0.2, 0.25) is 0 Å². The lowest BCUT2D eigenvalue weighted by Crippen LogP contribution is -2.24. The largest absolute Gasteiger partial charge is 0.467 e. The van der Waals surface area contributed by atoms with Gasteiger partial charge in [-0.15, -0.1) is 0 Å². The van der Waals surface area contributed by atoms with Crippen LogP contribution in [0.4, 0.5) is 10.1 Å². The van der Waals surface area contributed by atoms with E-state index in [1.807, 2.05) is 0 Å². The van der Waals surface area contributed by atoms with Gasteiger partial charge >= 0.3 is 0 Å². The molecule has 0 atom stereocenters. The molecule has 0 radical (unpaired) electrons. The fraction of sp³-hybridized carbons (Fsp3) is 0.0476. The average molecular weight is 377 g/mol. The summed E-state index contributed by atoms with van der Waals surface area (Å²) in [6, 6.07) is 16.0. The zero-order valence-electron chi connectivity index (χ0n) is 14.7. The highest BCUT2D eigenvalue weighted by Crippen LogP contribution is 2.20. The maximum atomic E-state index is 13.3. The molecule has 140 valence electrons. The zero-order valence-corrected chi connectivity index (χ0v) is 14.7. The van der Waals surface area contributed by atoms with E-state index in [1.165, 1.54) is 18.4 Å². The molecule has 0 aliphatic carbocycles. The SMILES string of the molecule is O=C(Nc1ccccc1C(=O)NCc1ccco1)c1cc2cc(F)ccc2[nH]1. The number of benzene rings is 2. The molecule has 4 rings (SSSR count). The van der Waals surface area contributed by atoms with Gasteiger partial charge < -0.3 is 20.0 Å². The van der Waals surface area contributed by atoms with Crippen LogP contribution < -0.4 is 10.6 Å². The predicted octanol–water partition coefficient (Wildman–Crippen LogP) is 4.08. The second-order valence-electron chi connectivity index (χ2n) is 6.18. The Kier molecular flexibility index (Phi) is 4.63. The van der Waals surface area contributed by atoms with Crippen molar-refractivity contribution in [2.45, 2.75) is 6.54 Å². The molecule has 0 fully saturated rings. The molecule has 6 nitrogen and oxygen atoms in total. The summed E-state index contributed by atoms with van der Waals surface area (Å²) in [6.45, 7) is 0.238. The Hall–Kier alpha value is -3.87. The summed E-state index contributed by atoms with van der Waals surface area (Å²) in [5.74, 6) is -0.522. The summed E-state index contributed by atoms with van der Waals surface area (Å²) >= 11 is 0. The van der Waals surface area contributed by atoms with Crippen LogP contribution in [0.15, 0.2) is 71.3 Å². The Balaban J connectivity index is 1.52. The van der Waals surface area contributed by atoms with E-state index in [-0.39, 0.29) is 24.0 Å². The molecule has 28 heavy (non-hydrogen) atoms. The first-order valence-electron chi connectivity index (χ1n) is 8.59. The Morgan fingerprint density at radius 1 is 1.00 bits per heavy atom. The molecule has 2 amide bonds. The molecule has 2 heterocycles. The number of aromatic nitrogens is 1. The Bertz CT molecular complexity index is 1150. The van der Waals surface area contributed by atoms with E-state index in [1.54, 1.807) is 48.5 Å². The zero-order chi connectivity index (χ0) is 19.5. The molecule has 0 unspecified atom stereocenters. The minimum atomic E-state index is -0.428. The average Bonchev–Trinajstić information content (AvgIpc) is 3.35. The smallest absolute Gasteiger partial charge is 0.272 e. The van der Waals surface area contributed by atoms with Crippen LogP contribution in [0.2, 0.25) is 0 Å². The van der Waals surface area contributed by atoms with Crippen molar-refractivity contribution in [1.29, 1.82) is 0 Å². The van der Waals surface area contributed by atoms with E-state index in [2.05, 4.69) is 15.6 Å². The normalized spacial score (nSPS) is 10.8. The Morgan fingerprint density at radius 3 is 2.68 bits per heavy atom. The predicted molar refractivity (Wildman–Crippen MR) is 103 cm³/mol. The molecule has 3 N–H and O–H groups in total. The fourth-order valence-corrected chi connectivity index (χ4v) is 2.88. The Morgan fingerprint density at radius 2 is 1.86 bits per heavy atom. The van der Waals surface area contributed by atoms with Gasteiger partial charge in [0.1, 0.15) is 17.3 Å². The van der Waals surface area contributed by atoms with Gasteiger partial charge in [-0.3, -0.25) is 9.59 Å². The molecule has 0 bridgehead atoms. The van der Waals surface area contributed by atoms with Crippen molar-refractivity contribution in [3.63, 3.8) is 0 Å². The number of hydrogen-bond donors (Lipinski definition) is 3. The number of rotatable bonds is 5. The molecule has 0 spiro atoms. The van der Waals surface area contributed by atoms with Crippen LogP contribution in [-0.2, 0) is 6.54 Å². The van der Waals surface area contributed by atoms with Gasteiger partial charge in [0.25, 0.3) is 11.8 Å². The number of para-hydroxylation sites is 1. The molecule has 0 saturated heterocycles. The van der Waals surface area contributed by atoms with Crippen molar-refractivity contribution in [3.8, 4) is 0 Å². The van der Waals surface area contributed by atoms with Crippen molar-refractivity contribution in [3.05, 3.63) is 89.8 Å². The van der Waals surface area contributed by atoms with Crippen LogP contribution in [-0.4, -0.2) is 16.8 Å². The van der Waals surface area contributed by atoms with Gasteiger partial charge in [0.15, 0.2) is 0 Å². The molecule has 2 aromatic carbocycles. The van der Waals surface area contributed by atoms with Gasteiger partial charge in [-0.25, -0.2) is 4.39 Å². The molecule has 4 aromatic rings. The van der Waals surface area contributed by atoms with Gasteiger partial charge in [0, 0.05) is 10.9 Å². The molecule has 7 heteroatoms. The first kappa shape index (κ1) is 17.5. The second-order valence-corrected chi connectivity index (χ2v) is 6.18. The molecular weight excluding hydrogens is 361 g/mol. The number of carbonyl (C=O) groups is 2. The van der Waals surface area contributed by atoms with Crippen LogP contribution in [0, 0.1) is 5.82 Å². The van der Waals surface area contributed by atoms with Crippen molar-refractivity contribution in [1.82, 2.24) is 10.3 Å². The number of furan rings is 1. The summed E-state index contributed by atoms with van der Waals surface area (Å²) < 4.78 is 18.5. The lowest BCUT2D eigenvalue weighted by atomic mass is 10.1. The number of H-pyrrole nitrogens is 1. The summed E-state index contributed by atoms with van der Waals surface area (Å²) in [5, 5.41) is 6.07. The van der Waals surface area contributed by atoms with E-state index >= 15 is 0 Å². The van der Waals surface area contributed by atoms with E-state index < -0.39 is 5.91 Å². The van der Waals surface area contributed by atoms with Gasteiger partial charge in [0.05, 0.1) is 24.1 Å². The van der Waals surface area contributed by atoms with Crippen LogP contribution in [0.25, 0.3) is 10.9 Å². The number of fused-ring (bicyclic) bond motifs is 1. The topological polar surface area (TPSA) is 87.1 Å². The lowest BCUT2D eigenvalue weighted by molar-refractivity contribution is 0.0949. The third-order valence-electron chi connectivity index (χ3n) is 4.25. The summed E-state index contributed by atoms with van der Waals surface area (Å²) in [5.41, 5.74) is 1.61. The summed E-state index contributed by atoms with van der Waals surface area (Å²) in [6.07, 6.45) is 1.53. The van der Waals surface area contributed by atoms with Crippen molar-refractivity contribution in [2.24, 2.45) is 0 Å². The maximum Gasteiger partial charge on any atom is 0.272 e. The minimum Gasteiger partial charge on any atom is -0.467 e. The molecule has 0 saturated carbocycles. The van der Waals surface area contributed by atoms with Crippen LogP contribution >= 0.6 is 0 Å². The number of nitrogens with one attached hydrogen (secondary N) is 3. The monoisotopic (exact) mass is 377 g/mol. The third-order valence-corrected chi connectivity index (χ3v) is 4.25. The molecule has 0 aliphatic rings. The number of anilines is 1. The van der Waals surface area contributed by atoms with Crippen LogP contribution in [0.5, 0.6) is 0 Å². The highest BCUT2D eigenvalue weighted by molar-refractivity contribution is 6.09. The van der Waals surface area contributed by atoms with E-state index in [0.29, 0.717) is 27.9 Å². The highest BCUT2D eigenvalue weighted by atomic mass is 19.1. The standard InChI is InChI=1S/C21H16FN3O3/c22-14-7-8-17-13(10-14)11-19(24-17)21(27)25-18-6-2-1-5-16(18)20(26)23-12-15-4-3-9-28-15/h1-11,24H,12H2,(H,23,26)(H,25,27). The van der Waals surface area contributed by atoms with Gasteiger partial charge in [-0.1, -0.05) is 12.1 Å². The van der Waals surface area contributed by atoms with Crippen molar-refractivity contribution >= 4 is 28.4 Å². The Labute approximate surface area is 159 Å². The fourth-order valence-electron chi connectivity index (χ4n) is 2.88. The van der Waals surface area contributed by atoms with Gasteiger partial charge in [-0.05, 0) is 48.5 Å². The molecule has 0 aliphatic heterocycles. The molecular formula is C21H16FN3O3. The summed E-state index contributed by atoms with van der Waals surface area (Å²) in [7, 11) is 0. The second kappa shape index (κ2) is 7.40. The van der Waals surface area contributed by atoms with E-state index in [4.69, 9.17) is 4.42 Å². The van der Waals surface area contributed by atoms with Crippen LogP contribution in [0.3, 0.4) is 0 Å². The van der Waals surface area contributed by atoms with Crippen molar-refractivity contribution < 1.29 is 18.4 Å². The lowest BCUT2D eigenvalue weighted by Gasteiger charge is -2.10. The quantitative estimate of drug-likeness (QED) is 0.490. The number of halogens is 1. The molecule has 2 aromatic heterocycles. The first-order valence-corrected chi connectivity index (χ1v) is 8.59. The maximum absolute atomic E-state index is 13.3. The number of carbonyl (C=O) groups excluding carboxylic acids is 2. The third kappa shape index (κ3) is 3.64. The number of hydrogen-bond acceptors (Lipinski definition) is 3. The summed E-state index contributed by atoms with van der Waals surface area (Å²) in [4.78, 5) is 28.1. The number of amides is 2.